The molecule has 0 amide bonds. The van der Waals surface area contributed by atoms with Gasteiger partial charge in [-0.05, 0) is 12.8 Å². The van der Waals surface area contributed by atoms with E-state index < -0.39 is 6.10 Å². The molecule has 0 bridgehead atoms. The van der Waals surface area contributed by atoms with E-state index in [1.54, 1.807) is 0 Å². The van der Waals surface area contributed by atoms with E-state index in [2.05, 4.69) is 6.92 Å². The third-order valence-corrected chi connectivity index (χ3v) is 3.54. The molecule has 0 heterocycles. The van der Waals surface area contributed by atoms with Gasteiger partial charge in [0.1, 0.15) is 6.10 Å². The number of carbonyl (C=O) groups is 1. The second kappa shape index (κ2) is 13.1. The molecule has 108 valence electrons. The highest BCUT2D eigenvalue weighted by molar-refractivity contribution is 5.82. The molecule has 18 heavy (non-hydrogen) atoms. The number of aliphatic hydroxyl groups is 1. The first kappa shape index (κ1) is 17.6. The maximum Gasteiger partial charge on any atom is 0.161 e. The summed E-state index contributed by atoms with van der Waals surface area (Å²) in [5, 5.41) is 9.32. The Morgan fingerprint density at radius 2 is 1.28 bits per heavy atom. The lowest BCUT2D eigenvalue weighted by molar-refractivity contribution is -0.127. The lowest BCUT2D eigenvalue weighted by Crippen LogP contribution is -2.18. The van der Waals surface area contributed by atoms with E-state index in [9.17, 15) is 9.90 Å². The summed E-state index contributed by atoms with van der Waals surface area (Å²) in [5.74, 6) is 0.0251. The number of aliphatic hydroxyl groups excluding tert-OH is 1. The molecule has 0 aromatic rings. The number of ketones is 1. The van der Waals surface area contributed by atoms with E-state index in [1.165, 1.54) is 51.4 Å². The predicted molar refractivity (Wildman–Crippen MR) is 77.8 cm³/mol. The van der Waals surface area contributed by atoms with Crippen LogP contribution in [0.2, 0.25) is 0 Å². The first-order valence-electron chi connectivity index (χ1n) is 7.93. The molecule has 0 aromatic heterocycles. The lowest BCUT2D eigenvalue weighted by Gasteiger charge is -2.06. The van der Waals surface area contributed by atoms with E-state index in [-0.39, 0.29) is 5.78 Å². The molecular weight excluding hydrogens is 224 g/mol. The molecule has 0 saturated carbocycles. The van der Waals surface area contributed by atoms with Crippen LogP contribution in [-0.4, -0.2) is 17.0 Å². The molecule has 0 spiro atoms. The lowest BCUT2D eigenvalue weighted by atomic mass is 10.0. The number of unbranched alkanes of at least 4 members (excludes halogenated alkanes) is 9. The van der Waals surface area contributed by atoms with Crippen LogP contribution < -0.4 is 0 Å². The van der Waals surface area contributed by atoms with Crippen molar-refractivity contribution in [1.82, 2.24) is 0 Å². The summed E-state index contributed by atoms with van der Waals surface area (Å²) in [5.41, 5.74) is 0. The van der Waals surface area contributed by atoms with E-state index in [0.29, 0.717) is 12.8 Å². The van der Waals surface area contributed by atoms with Crippen molar-refractivity contribution in [2.45, 2.75) is 97.0 Å². The Morgan fingerprint density at radius 3 is 1.72 bits per heavy atom. The molecule has 0 rings (SSSR count). The summed E-state index contributed by atoms with van der Waals surface area (Å²) >= 11 is 0. The van der Waals surface area contributed by atoms with Gasteiger partial charge in [-0.25, -0.2) is 0 Å². The summed E-state index contributed by atoms with van der Waals surface area (Å²) < 4.78 is 0. The van der Waals surface area contributed by atoms with Gasteiger partial charge in [-0.15, -0.1) is 0 Å². The van der Waals surface area contributed by atoms with Crippen molar-refractivity contribution in [3.8, 4) is 0 Å². The number of hydrogen-bond donors (Lipinski definition) is 1. The highest BCUT2D eigenvalue weighted by Crippen LogP contribution is 2.11. The summed E-state index contributed by atoms with van der Waals surface area (Å²) in [6.07, 6.45) is 13.2. The van der Waals surface area contributed by atoms with Gasteiger partial charge in [0.2, 0.25) is 0 Å². The van der Waals surface area contributed by atoms with Gasteiger partial charge in [-0.1, -0.05) is 71.6 Å². The van der Waals surface area contributed by atoms with Gasteiger partial charge in [0.05, 0.1) is 0 Å². The Labute approximate surface area is 113 Å². The molecule has 0 aliphatic carbocycles. The van der Waals surface area contributed by atoms with Crippen molar-refractivity contribution in [2.24, 2.45) is 0 Å². The minimum atomic E-state index is -0.719. The molecule has 0 aliphatic rings. The van der Waals surface area contributed by atoms with Crippen LogP contribution >= 0.6 is 0 Å². The summed E-state index contributed by atoms with van der Waals surface area (Å²) in [6.45, 7) is 4.10. The minimum Gasteiger partial charge on any atom is -0.385 e. The number of hydrogen-bond acceptors (Lipinski definition) is 2. The van der Waals surface area contributed by atoms with Gasteiger partial charge in [0.25, 0.3) is 0 Å². The molecule has 0 saturated heterocycles. The molecular formula is C16H32O2. The number of carbonyl (C=O) groups excluding carboxylic acids is 1. The smallest absolute Gasteiger partial charge is 0.161 e. The zero-order valence-electron chi connectivity index (χ0n) is 12.4. The molecule has 0 radical (unpaired) electrons. The van der Waals surface area contributed by atoms with Crippen LogP contribution in [0.3, 0.4) is 0 Å². The van der Waals surface area contributed by atoms with Crippen molar-refractivity contribution >= 4 is 5.78 Å². The Hall–Kier alpha value is -0.370. The third-order valence-electron chi connectivity index (χ3n) is 3.54. The summed E-state index contributed by atoms with van der Waals surface area (Å²) in [7, 11) is 0. The maximum absolute atomic E-state index is 11.4. The van der Waals surface area contributed by atoms with E-state index in [0.717, 1.165) is 12.8 Å². The van der Waals surface area contributed by atoms with Gasteiger partial charge >= 0.3 is 0 Å². The third kappa shape index (κ3) is 10.8. The van der Waals surface area contributed by atoms with Crippen LogP contribution in [0.25, 0.3) is 0 Å². The Bertz CT molecular complexity index is 190. The SMILES string of the molecule is CCCCCCCCCCCCC(=O)[C@@H](O)CC. The van der Waals surface area contributed by atoms with Crippen molar-refractivity contribution < 1.29 is 9.90 Å². The Kier molecular flexibility index (Phi) is 12.8. The quantitative estimate of drug-likeness (QED) is 0.487. The Balaban J connectivity index is 3.14. The molecule has 0 fully saturated rings. The monoisotopic (exact) mass is 256 g/mol. The van der Waals surface area contributed by atoms with Gasteiger partial charge in [0.15, 0.2) is 5.78 Å². The first-order chi connectivity index (χ1) is 8.72. The zero-order valence-corrected chi connectivity index (χ0v) is 12.4. The predicted octanol–water partition coefficient (Wildman–Crippen LogP) is 4.64. The molecule has 0 unspecified atom stereocenters. The highest BCUT2D eigenvalue weighted by atomic mass is 16.3. The molecule has 2 heteroatoms. The first-order valence-corrected chi connectivity index (χ1v) is 7.93. The average Bonchev–Trinajstić information content (AvgIpc) is 2.39. The normalized spacial score (nSPS) is 12.6. The number of Topliss-reactive ketones (excluding diaryl/α,β-unsaturated/α-hetero) is 1. The fourth-order valence-corrected chi connectivity index (χ4v) is 2.18. The van der Waals surface area contributed by atoms with Crippen molar-refractivity contribution in [1.29, 1.82) is 0 Å². The van der Waals surface area contributed by atoms with Crippen LogP contribution in [0.5, 0.6) is 0 Å². The van der Waals surface area contributed by atoms with E-state index in [4.69, 9.17) is 0 Å². The van der Waals surface area contributed by atoms with Crippen LogP contribution in [0.15, 0.2) is 0 Å². The van der Waals surface area contributed by atoms with Gasteiger partial charge < -0.3 is 5.11 Å². The van der Waals surface area contributed by atoms with E-state index >= 15 is 0 Å². The van der Waals surface area contributed by atoms with Crippen molar-refractivity contribution in [2.75, 3.05) is 0 Å². The second-order valence-corrected chi connectivity index (χ2v) is 5.32. The molecule has 0 aliphatic heterocycles. The van der Waals surface area contributed by atoms with Gasteiger partial charge in [-0.2, -0.15) is 0 Å². The standard InChI is InChI=1S/C16H32O2/c1-3-5-6-7-8-9-10-11-12-13-14-16(18)15(17)4-2/h15,17H,3-14H2,1-2H3/t15-/m0/s1. The second-order valence-electron chi connectivity index (χ2n) is 5.32. The van der Waals surface area contributed by atoms with Crippen LogP contribution in [0.4, 0.5) is 0 Å². The van der Waals surface area contributed by atoms with Crippen LogP contribution in [0.1, 0.15) is 90.9 Å². The number of rotatable bonds is 13. The van der Waals surface area contributed by atoms with Crippen molar-refractivity contribution in [3.63, 3.8) is 0 Å². The van der Waals surface area contributed by atoms with E-state index in [1.807, 2.05) is 6.92 Å². The summed E-state index contributed by atoms with van der Waals surface area (Å²) in [6, 6.07) is 0. The van der Waals surface area contributed by atoms with Crippen LogP contribution in [0, 0.1) is 0 Å². The zero-order chi connectivity index (χ0) is 13.6. The Morgan fingerprint density at radius 1 is 0.833 bits per heavy atom. The maximum atomic E-state index is 11.4. The molecule has 1 N–H and O–H groups in total. The topological polar surface area (TPSA) is 37.3 Å². The molecule has 1 atom stereocenters. The molecule has 2 nitrogen and oxygen atoms in total. The highest BCUT2D eigenvalue weighted by Gasteiger charge is 2.11. The van der Waals surface area contributed by atoms with Gasteiger partial charge in [0, 0.05) is 6.42 Å². The summed E-state index contributed by atoms with van der Waals surface area (Å²) in [4.78, 5) is 11.4. The van der Waals surface area contributed by atoms with Crippen LogP contribution in [-0.2, 0) is 4.79 Å². The average molecular weight is 256 g/mol. The van der Waals surface area contributed by atoms with Crippen molar-refractivity contribution in [3.05, 3.63) is 0 Å². The van der Waals surface area contributed by atoms with Gasteiger partial charge in [-0.3, -0.25) is 4.79 Å². The molecule has 0 aromatic carbocycles. The minimum absolute atomic E-state index is 0.0251. The fourth-order valence-electron chi connectivity index (χ4n) is 2.18. The fraction of sp³-hybridized carbons (Fsp3) is 0.938. The largest absolute Gasteiger partial charge is 0.385 e.